The van der Waals surface area contributed by atoms with Gasteiger partial charge in [-0.1, -0.05) is 57.6 Å². The Labute approximate surface area is 131 Å². The van der Waals surface area contributed by atoms with E-state index in [-0.39, 0.29) is 0 Å². The number of nitrogens with one attached hydrogen (secondary N) is 1. The summed E-state index contributed by atoms with van der Waals surface area (Å²) in [7, 11) is 0. The number of hydrogen-bond acceptors (Lipinski definition) is 1. The monoisotopic (exact) mass is 290 g/mol. The Balaban J connectivity index is 1.88. The molecule has 112 valence electrons. The lowest BCUT2D eigenvalue weighted by atomic mass is 9.88. The van der Waals surface area contributed by atoms with Gasteiger partial charge in [-0.25, -0.2) is 4.99 Å². The number of aromatic nitrogens is 1. The molecule has 0 fully saturated rings. The Morgan fingerprint density at radius 2 is 1.86 bits per heavy atom. The van der Waals surface area contributed by atoms with Crippen molar-refractivity contribution in [3.63, 3.8) is 0 Å². The lowest BCUT2D eigenvalue weighted by molar-refractivity contribution is 0.754. The molecule has 2 aromatic rings. The van der Waals surface area contributed by atoms with Crippen molar-refractivity contribution in [2.45, 2.75) is 40.0 Å². The van der Waals surface area contributed by atoms with Crippen LogP contribution < -0.4 is 0 Å². The highest BCUT2D eigenvalue weighted by molar-refractivity contribution is 6.32. The second-order valence-electron chi connectivity index (χ2n) is 6.99. The van der Waals surface area contributed by atoms with Crippen molar-refractivity contribution in [3.05, 3.63) is 47.2 Å². The average Bonchev–Trinajstić information content (AvgIpc) is 3.07. The molecular formula is C20H22N2. The van der Waals surface area contributed by atoms with Crippen molar-refractivity contribution in [1.29, 1.82) is 0 Å². The molecule has 1 aromatic carbocycles. The molecule has 4 rings (SSSR count). The van der Waals surface area contributed by atoms with Crippen LogP contribution in [-0.4, -0.2) is 10.7 Å². The molecule has 0 spiro atoms. The van der Waals surface area contributed by atoms with Crippen LogP contribution in [0.4, 0.5) is 5.69 Å². The highest BCUT2D eigenvalue weighted by atomic mass is 14.8. The van der Waals surface area contributed by atoms with E-state index in [1.165, 1.54) is 38.9 Å². The number of aliphatic imine (C=N–C) groups is 1. The van der Waals surface area contributed by atoms with E-state index in [2.05, 4.69) is 63.2 Å². The van der Waals surface area contributed by atoms with Crippen molar-refractivity contribution in [2.24, 2.45) is 10.9 Å². The normalized spacial score (nSPS) is 16.7. The van der Waals surface area contributed by atoms with Gasteiger partial charge in [0.1, 0.15) is 0 Å². The summed E-state index contributed by atoms with van der Waals surface area (Å²) in [4.78, 5) is 8.45. The summed E-state index contributed by atoms with van der Waals surface area (Å²) >= 11 is 0. The van der Waals surface area contributed by atoms with Gasteiger partial charge in [0.25, 0.3) is 0 Å². The Hall–Kier alpha value is -2.09. The Kier molecular flexibility index (Phi) is 2.90. The first kappa shape index (κ1) is 13.6. The molecule has 0 unspecified atom stereocenters. The zero-order valence-electron chi connectivity index (χ0n) is 13.7. The van der Waals surface area contributed by atoms with Gasteiger partial charge in [0.05, 0.1) is 16.9 Å². The molecule has 22 heavy (non-hydrogen) atoms. The van der Waals surface area contributed by atoms with Gasteiger partial charge < -0.3 is 4.98 Å². The fraction of sp³-hybridized carbons (Fsp3) is 0.350. The number of nitrogens with zero attached hydrogens (tertiary/aromatic N) is 1. The fourth-order valence-electron chi connectivity index (χ4n) is 3.53. The van der Waals surface area contributed by atoms with Crippen LogP contribution in [0.15, 0.2) is 41.0 Å². The second-order valence-corrected chi connectivity index (χ2v) is 6.99. The van der Waals surface area contributed by atoms with Crippen LogP contribution in [0.3, 0.4) is 0 Å². The molecule has 0 radical (unpaired) electrons. The molecule has 2 heterocycles. The van der Waals surface area contributed by atoms with Crippen LogP contribution in [0.1, 0.15) is 51.2 Å². The summed E-state index contributed by atoms with van der Waals surface area (Å²) in [6, 6.07) is 4.49. The predicted molar refractivity (Wildman–Crippen MR) is 95.0 cm³/mol. The summed E-state index contributed by atoms with van der Waals surface area (Å²) < 4.78 is 0. The van der Waals surface area contributed by atoms with Crippen LogP contribution in [0, 0.1) is 5.92 Å². The van der Waals surface area contributed by atoms with Crippen LogP contribution in [0.5, 0.6) is 0 Å². The molecule has 0 atom stereocenters. The SMILES string of the molecule is CC(C)C1=CC=C2C(=Nc3c2ccc2c(C(C)C)c[nH]c32)C1. The standard InChI is InChI=1S/C20H22N2/c1-11(2)13-5-6-14-15-7-8-16-17(12(3)4)10-21-19(16)20(15)22-18(14)9-13/h5-8,10-12,21H,9H2,1-4H3. The zero-order valence-corrected chi connectivity index (χ0v) is 13.7. The topological polar surface area (TPSA) is 28.1 Å². The number of hydrogen-bond donors (Lipinski definition) is 1. The maximum Gasteiger partial charge on any atom is 0.0953 e. The molecule has 1 aliphatic carbocycles. The Morgan fingerprint density at radius 1 is 1.05 bits per heavy atom. The van der Waals surface area contributed by atoms with Gasteiger partial charge in [-0.2, -0.15) is 0 Å². The molecule has 1 aliphatic heterocycles. The Bertz CT molecular complexity index is 857. The van der Waals surface area contributed by atoms with Gasteiger partial charge in [-0.05, 0) is 17.4 Å². The molecule has 0 bridgehead atoms. The van der Waals surface area contributed by atoms with Gasteiger partial charge in [-0.15, -0.1) is 0 Å². The quantitative estimate of drug-likeness (QED) is 0.729. The van der Waals surface area contributed by atoms with Crippen molar-refractivity contribution >= 4 is 27.9 Å². The lowest BCUT2D eigenvalue weighted by Gasteiger charge is -2.16. The number of allylic oxidation sites excluding steroid dienone is 4. The van der Waals surface area contributed by atoms with Crippen molar-refractivity contribution in [1.82, 2.24) is 4.98 Å². The summed E-state index contributed by atoms with van der Waals surface area (Å²) in [6.07, 6.45) is 7.66. The predicted octanol–water partition coefficient (Wildman–Crippen LogP) is 5.75. The minimum Gasteiger partial charge on any atom is -0.359 e. The van der Waals surface area contributed by atoms with E-state index in [0.29, 0.717) is 11.8 Å². The minimum atomic E-state index is 0.525. The third kappa shape index (κ3) is 1.83. The first-order chi connectivity index (χ1) is 10.6. The van der Waals surface area contributed by atoms with E-state index in [0.717, 1.165) is 12.1 Å². The molecule has 2 aliphatic rings. The van der Waals surface area contributed by atoms with Crippen molar-refractivity contribution in [2.75, 3.05) is 0 Å². The molecule has 2 nitrogen and oxygen atoms in total. The number of aromatic amines is 1. The van der Waals surface area contributed by atoms with Crippen LogP contribution >= 0.6 is 0 Å². The van der Waals surface area contributed by atoms with Gasteiger partial charge in [-0.3, -0.25) is 0 Å². The number of fused-ring (bicyclic) bond motifs is 5. The van der Waals surface area contributed by atoms with E-state index >= 15 is 0 Å². The third-order valence-electron chi connectivity index (χ3n) is 4.91. The van der Waals surface area contributed by atoms with Crippen LogP contribution in [-0.2, 0) is 0 Å². The van der Waals surface area contributed by atoms with E-state index in [1.54, 1.807) is 0 Å². The van der Waals surface area contributed by atoms with Gasteiger partial charge in [0, 0.05) is 29.1 Å². The first-order valence-corrected chi connectivity index (χ1v) is 8.19. The Morgan fingerprint density at radius 3 is 2.59 bits per heavy atom. The summed E-state index contributed by atoms with van der Waals surface area (Å²) in [5.41, 5.74) is 8.98. The highest BCUT2D eigenvalue weighted by Crippen LogP contribution is 2.44. The summed E-state index contributed by atoms with van der Waals surface area (Å²) in [5.74, 6) is 1.11. The third-order valence-corrected chi connectivity index (χ3v) is 4.91. The maximum absolute atomic E-state index is 4.98. The van der Waals surface area contributed by atoms with Gasteiger partial charge in [0.15, 0.2) is 0 Å². The number of H-pyrrole nitrogens is 1. The first-order valence-electron chi connectivity index (χ1n) is 8.19. The van der Waals surface area contributed by atoms with E-state index in [9.17, 15) is 0 Å². The van der Waals surface area contributed by atoms with Crippen molar-refractivity contribution in [3.8, 4) is 0 Å². The van der Waals surface area contributed by atoms with E-state index < -0.39 is 0 Å². The maximum atomic E-state index is 4.98. The van der Waals surface area contributed by atoms with Gasteiger partial charge in [0.2, 0.25) is 0 Å². The lowest BCUT2D eigenvalue weighted by Crippen LogP contribution is -2.07. The second kappa shape index (κ2) is 4.70. The molecule has 0 saturated heterocycles. The van der Waals surface area contributed by atoms with E-state index in [4.69, 9.17) is 4.99 Å². The fourth-order valence-corrected chi connectivity index (χ4v) is 3.53. The molecule has 0 saturated carbocycles. The molecule has 2 heteroatoms. The number of rotatable bonds is 2. The highest BCUT2D eigenvalue weighted by Gasteiger charge is 2.26. The summed E-state index contributed by atoms with van der Waals surface area (Å²) in [5, 5.41) is 1.31. The van der Waals surface area contributed by atoms with Crippen LogP contribution in [0.2, 0.25) is 0 Å². The molecule has 0 amide bonds. The van der Waals surface area contributed by atoms with Crippen molar-refractivity contribution < 1.29 is 0 Å². The largest absolute Gasteiger partial charge is 0.359 e. The smallest absolute Gasteiger partial charge is 0.0953 e. The minimum absolute atomic E-state index is 0.525. The average molecular weight is 290 g/mol. The molecule has 1 aromatic heterocycles. The van der Waals surface area contributed by atoms with Gasteiger partial charge >= 0.3 is 0 Å². The summed E-state index contributed by atoms with van der Waals surface area (Å²) in [6.45, 7) is 8.99. The molecular weight excluding hydrogens is 268 g/mol. The zero-order chi connectivity index (χ0) is 15.4. The molecule has 1 N–H and O–H groups in total. The number of benzene rings is 1. The van der Waals surface area contributed by atoms with E-state index in [1.807, 2.05) is 0 Å². The van der Waals surface area contributed by atoms with Crippen LogP contribution in [0.25, 0.3) is 16.5 Å².